The van der Waals surface area contributed by atoms with Crippen molar-refractivity contribution < 1.29 is 4.79 Å². The van der Waals surface area contributed by atoms with E-state index in [9.17, 15) is 4.79 Å². The summed E-state index contributed by atoms with van der Waals surface area (Å²) in [5.41, 5.74) is 12.2. The van der Waals surface area contributed by atoms with E-state index < -0.39 is 0 Å². The van der Waals surface area contributed by atoms with Crippen molar-refractivity contribution in [1.82, 2.24) is 34.6 Å². The lowest BCUT2D eigenvalue weighted by molar-refractivity contribution is 0.0936. The number of anilines is 1. The predicted molar refractivity (Wildman–Crippen MR) is 156 cm³/mol. The van der Waals surface area contributed by atoms with Gasteiger partial charge in [0.2, 0.25) is 0 Å². The van der Waals surface area contributed by atoms with Crippen LogP contribution in [-0.2, 0) is 6.42 Å². The van der Waals surface area contributed by atoms with Gasteiger partial charge in [0.05, 0.1) is 17.2 Å². The van der Waals surface area contributed by atoms with Gasteiger partial charge in [-0.05, 0) is 94.5 Å². The van der Waals surface area contributed by atoms with Crippen molar-refractivity contribution in [1.29, 1.82) is 0 Å². The van der Waals surface area contributed by atoms with Crippen LogP contribution in [0.2, 0.25) is 0 Å². The number of benzene rings is 2. The number of halogens is 1. The molecule has 4 aromatic heterocycles. The maximum absolute atomic E-state index is 13.0. The highest BCUT2D eigenvalue weighted by Crippen LogP contribution is 2.36. The lowest BCUT2D eigenvalue weighted by atomic mass is 10.1. The molecule has 10 heteroatoms. The molecule has 2 aromatic carbocycles. The lowest BCUT2D eigenvalue weighted by Crippen LogP contribution is -2.27. The molecule has 0 unspecified atom stereocenters. The SMILES string of the molecule is Nc1ncccc1-c1nc2ccc(-n3cccn3)nc2n1-c1ccc2c(c1)CC[C@@H]2NC(=O)c1ccccc1Br. The molecule has 0 aliphatic heterocycles. The Morgan fingerprint density at radius 2 is 1.90 bits per heavy atom. The van der Waals surface area contributed by atoms with E-state index in [0.29, 0.717) is 28.7 Å². The molecule has 0 saturated heterocycles. The second kappa shape index (κ2) is 9.73. The van der Waals surface area contributed by atoms with Gasteiger partial charge >= 0.3 is 0 Å². The number of aryl methyl sites for hydroxylation is 1. The monoisotopic (exact) mass is 590 g/mol. The predicted octanol–water partition coefficient (Wildman–Crippen LogP) is 5.43. The van der Waals surface area contributed by atoms with Crippen molar-refractivity contribution >= 4 is 38.8 Å². The van der Waals surface area contributed by atoms with Crippen LogP contribution in [0.1, 0.15) is 33.9 Å². The third-order valence-corrected chi connectivity index (χ3v) is 7.89. The molecular formula is C30H23BrN8O. The maximum Gasteiger partial charge on any atom is 0.252 e. The molecule has 0 saturated carbocycles. The summed E-state index contributed by atoms with van der Waals surface area (Å²) in [5.74, 6) is 1.63. The minimum absolute atomic E-state index is 0.0684. The molecule has 0 radical (unpaired) electrons. The van der Waals surface area contributed by atoms with Gasteiger partial charge in [0.1, 0.15) is 11.3 Å². The average Bonchev–Trinajstić information content (AvgIpc) is 3.72. The molecule has 0 bridgehead atoms. The van der Waals surface area contributed by atoms with Crippen LogP contribution < -0.4 is 11.1 Å². The van der Waals surface area contributed by atoms with Gasteiger partial charge in [-0.3, -0.25) is 9.36 Å². The Labute approximate surface area is 237 Å². The molecule has 40 heavy (non-hydrogen) atoms. The number of nitrogens with one attached hydrogen (secondary N) is 1. The minimum Gasteiger partial charge on any atom is -0.383 e. The topological polar surface area (TPSA) is 117 Å². The first kappa shape index (κ1) is 24.2. The summed E-state index contributed by atoms with van der Waals surface area (Å²) in [5, 5.41) is 7.55. The maximum atomic E-state index is 13.0. The Balaban J connectivity index is 1.32. The number of nitrogens with zero attached hydrogens (tertiary/aromatic N) is 6. The number of fused-ring (bicyclic) bond motifs is 2. The number of hydrogen-bond donors (Lipinski definition) is 2. The van der Waals surface area contributed by atoms with E-state index in [-0.39, 0.29) is 11.9 Å². The van der Waals surface area contributed by atoms with Gasteiger partial charge in [-0.15, -0.1) is 0 Å². The van der Waals surface area contributed by atoms with Crippen LogP contribution in [0.5, 0.6) is 0 Å². The molecule has 1 aliphatic carbocycles. The van der Waals surface area contributed by atoms with Crippen LogP contribution in [0.4, 0.5) is 5.82 Å². The summed E-state index contributed by atoms with van der Waals surface area (Å²) in [6, 6.07) is 23.1. The van der Waals surface area contributed by atoms with Crippen LogP contribution in [0.15, 0.2) is 95.9 Å². The summed E-state index contributed by atoms with van der Waals surface area (Å²) in [6.07, 6.45) is 6.90. The summed E-state index contributed by atoms with van der Waals surface area (Å²) in [4.78, 5) is 27.2. The van der Waals surface area contributed by atoms with E-state index in [4.69, 9.17) is 15.7 Å². The van der Waals surface area contributed by atoms with E-state index in [0.717, 1.165) is 39.6 Å². The number of amides is 1. The number of nitrogen functional groups attached to an aromatic ring is 1. The normalized spacial score (nSPS) is 14.4. The fourth-order valence-electron chi connectivity index (χ4n) is 5.29. The van der Waals surface area contributed by atoms with Crippen LogP contribution in [0.25, 0.3) is 34.1 Å². The van der Waals surface area contributed by atoms with Crippen molar-refractivity contribution in [2.24, 2.45) is 0 Å². The minimum atomic E-state index is -0.0975. The van der Waals surface area contributed by atoms with Crippen LogP contribution in [0.3, 0.4) is 0 Å². The van der Waals surface area contributed by atoms with E-state index >= 15 is 0 Å². The van der Waals surface area contributed by atoms with Crippen molar-refractivity contribution in [3.63, 3.8) is 0 Å². The number of hydrogen-bond acceptors (Lipinski definition) is 6. The highest BCUT2D eigenvalue weighted by molar-refractivity contribution is 9.10. The highest BCUT2D eigenvalue weighted by atomic mass is 79.9. The molecule has 9 nitrogen and oxygen atoms in total. The van der Waals surface area contributed by atoms with Gasteiger partial charge in [-0.1, -0.05) is 18.2 Å². The van der Waals surface area contributed by atoms with E-state index in [1.165, 1.54) is 5.56 Å². The smallest absolute Gasteiger partial charge is 0.252 e. The number of carbonyl (C=O) groups excluding carboxylic acids is 1. The number of pyridine rings is 2. The van der Waals surface area contributed by atoms with Gasteiger partial charge in [-0.2, -0.15) is 5.10 Å². The first-order valence-electron chi connectivity index (χ1n) is 12.9. The van der Waals surface area contributed by atoms with Gasteiger partial charge in [0, 0.05) is 28.8 Å². The largest absolute Gasteiger partial charge is 0.383 e. The highest BCUT2D eigenvalue weighted by Gasteiger charge is 2.26. The summed E-state index contributed by atoms with van der Waals surface area (Å²) >= 11 is 3.48. The molecule has 1 atom stereocenters. The Morgan fingerprint density at radius 3 is 2.73 bits per heavy atom. The van der Waals surface area contributed by atoms with E-state index in [1.807, 2.05) is 71.4 Å². The Kier molecular flexibility index (Phi) is 5.89. The third kappa shape index (κ3) is 4.13. The second-order valence-electron chi connectivity index (χ2n) is 9.60. The van der Waals surface area contributed by atoms with Crippen molar-refractivity contribution in [3.8, 4) is 22.9 Å². The molecule has 3 N–H and O–H groups in total. The molecule has 196 valence electrons. The third-order valence-electron chi connectivity index (χ3n) is 7.19. The number of carbonyl (C=O) groups is 1. The van der Waals surface area contributed by atoms with Crippen molar-refractivity contribution in [3.05, 3.63) is 113 Å². The molecule has 1 amide bonds. The Hall–Kier alpha value is -4.83. The second-order valence-corrected chi connectivity index (χ2v) is 10.5. The lowest BCUT2D eigenvalue weighted by Gasteiger charge is -2.16. The Bertz CT molecular complexity index is 1900. The summed E-state index contributed by atoms with van der Waals surface area (Å²) in [6.45, 7) is 0. The fourth-order valence-corrected chi connectivity index (χ4v) is 5.75. The molecule has 0 fully saturated rings. The molecule has 7 rings (SSSR count). The number of rotatable bonds is 5. The van der Waals surface area contributed by atoms with Gasteiger partial charge in [-0.25, -0.2) is 19.6 Å². The zero-order valence-electron chi connectivity index (χ0n) is 21.2. The molecule has 0 spiro atoms. The molecule has 6 aromatic rings. The molecular weight excluding hydrogens is 568 g/mol. The zero-order valence-corrected chi connectivity index (χ0v) is 22.8. The molecule has 1 aliphatic rings. The Morgan fingerprint density at radius 1 is 1.00 bits per heavy atom. The number of aromatic nitrogens is 6. The van der Waals surface area contributed by atoms with E-state index in [1.54, 1.807) is 17.1 Å². The average molecular weight is 591 g/mol. The fraction of sp³-hybridized carbons (Fsp3) is 0.100. The van der Waals surface area contributed by atoms with Crippen molar-refractivity contribution in [2.75, 3.05) is 5.73 Å². The summed E-state index contributed by atoms with van der Waals surface area (Å²) in [7, 11) is 0. The van der Waals surface area contributed by atoms with Crippen LogP contribution in [-0.4, -0.2) is 35.2 Å². The number of nitrogens with two attached hydrogens (primary N) is 1. The van der Waals surface area contributed by atoms with Crippen molar-refractivity contribution in [2.45, 2.75) is 18.9 Å². The quantitative estimate of drug-likeness (QED) is 0.276. The standard InChI is InChI=1S/C30H23BrN8O/c31-23-7-2-1-5-21(23)30(40)36-24-11-8-18-17-19(9-10-20(18)24)39-28(22-6-3-14-33-27(22)32)35-25-12-13-26(37-29(25)39)38-16-4-15-34-38/h1-7,9-10,12-17,24H,8,11H2,(H2,32,33)(H,36,40)/t24-/m0/s1. The van der Waals surface area contributed by atoms with Gasteiger partial charge in [0.15, 0.2) is 17.3 Å². The number of imidazole rings is 1. The van der Waals surface area contributed by atoms with Crippen LogP contribution >= 0.6 is 15.9 Å². The van der Waals surface area contributed by atoms with Gasteiger partial charge in [0.25, 0.3) is 5.91 Å². The molecule has 4 heterocycles. The first-order valence-corrected chi connectivity index (χ1v) is 13.6. The van der Waals surface area contributed by atoms with Crippen LogP contribution in [0, 0.1) is 0 Å². The van der Waals surface area contributed by atoms with Gasteiger partial charge < -0.3 is 11.1 Å². The zero-order chi connectivity index (χ0) is 27.2. The summed E-state index contributed by atoms with van der Waals surface area (Å²) < 4.78 is 4.51. The van der Waals surface area contributed by atoms with E-state index in [2.05, 4.69) is 43.5 Å². The first-order chi connectivity index (χ1) is 19.6.